The SMILES string of the molecule is Cc1nc(N)sc1-c1[nH][nH]c(=S)[n+]1C. The Kier molecular flexibility index (Phi) is 2.12. The second-order valence-electron chi connectivity index (χ2n) is 2.93. The molecule has 14 heavy (non-hydrogen) atoms. The number of nitrogens with zero attached hydrogens (tertiary/aromatic N) is 2. The molecule has 0 aliphatic rings. The minimum Gasteiger partial charge on any atom is -0.375 e. The summed E-state index contributed by atoms with van der Waals surface area (Å²) in [4.78, 5) is 5.16. The normalized spacial score (nSPS) is 10.7. The summed E-state index contributed by atoms with van der Waals surface area (Å²) in [6.45, 7) is 1.92. The van der Waals surface area contributed by atoms with Gasteiger partial charge in [-0.15, -0.1) is 0 Å². The molecule has 2 aromatic heterocycles. The molecule has 0 atom stereocenters. The summed E-state index contributed by atoms with van der Waals surface area (Å²) in [5, 5.41) is 6.42. The lowest BCUT2D eigenvalue weighted by atomic mass is 10.4. The van der Waals surface area contributed by atoms with Crippen LogP contribution >= 0.6 is 23.6 Å². The summed E-state index contributed by atoms with van der Waals surface area (Å²) in [7, 11) is 1.89. The van der Waals surface area contributed by atoms with Crippen LogP contribution in [0.4, 0.5) is 5.13 Å². The Morgan fingerprint density at radius 1 is 1.50 bits per heavy atom. The fourth-order valence-corrected chi connectivity index (χ4v) is 2.24. The monoisotopic (exact) mass is 228 g/mol. The molecule has 0 saturated heterocycles. The molecule has 0 saturated carbocycles. The quantitative estimate of drug-likeness (QED) is 0.502. The fraction of sp³-hybridized carbons (Fsp3) is 0.286. The molecule has 0 fully saturated rings. The molecule has 0 spiro atoms. The number of nitrogens with two attached hydrogens (primary N) is 1. The molecule has 0 aliphatic heterocycles. The molecule has 2 aromatic rings. The number of hydrogen-bond donors (Lipinski definition) is 3. The Morgan fingerprint density at radius 2 is 2.21 bits per heavy atom. The molecule has 0 unspecified atom stereocenters. The van der Waals surface area contributed by atoms with E-state index in [9.17, 15) is 0 Å². The van der Waals surface area contributed by atoms with Crippen LogP contribution in [0.1, 0.15) is 5.69 Å². The zero-order valence-electron chi connectivity index (χ0n) is 7.79. The third-order valence-corrected chi connectivity index (χ3v) is 3.33. The van der Waals surface area contributed by atoms with Crippen molar-refractivity contribution in [3.8, 4) is 10.7 Å². The van der Waals surface area contributed by atoms with Crippen LogP contribution in [0.3, 0.4) is 0 Å². The van der Waals surface area contributed by atoms with E-state index in [1.807, 2.05) is 18.5 Å². The molecule has 0 radical (unpaired) electrons. The van der Waals surface area contributed by atoms with Crippen LogP contribution < -0.4 is 10.3 Å². The Bertz CT molecular complexity index is 520. The maximum atomic E-state index is 5.62. The van der Waals surface area contributed by atoms with Crippen LogP contribution in [0.25, 0.3) is 10.7 Å². The second kappa shape index (κ2) is 3.18. The van der Waals surface area contributed by atoms with Crippen LogP contribution in [0.5, 0.6) is 0 Å². The van der Waals surface area contributed by atoms with Gasteiger partial charge in [0.25, 0.3) is 5.82 Å². The molecule has 2 rings (SSSR count). The van der Waals surface area contributed by atoms with Crippen molar-refractivity contribution in [3.05, 3.63) is 10.5 Å². The van der Waals surface area contributed by atoms with Gasteiger partial charge in [0.05, 0.1) is 12.7 Å². The lowest BCUT2D eigenvalue weighted by Crippen LogP contribution is -2.29. The average molecular weight is 228 g/mol. The van der Waals surface area contributed by atoms with E-state index in [0.717, 1.165) is 16.4 Å². The number of H-pyrrole nitrogens is 2. The van der Waals surface area contributed by atoms with Crippen molar-refractivity contribution < 1.29 is 4.57 Å². The Labute approximate surface area is 89.6 Å². The summed E-state index contributed by atoms with van der Waals surface area (Å²) in [6, 6.07) is 0. The molecule has 2 heterocycles. The molecule has 74 valence electrons. The van der Waals surface area contributed by atoms with E-state index in [-0.39, 0.29) is 0 Å². The third-order valence-electron chi connectivity index (χ3n) is 1.96. The predicted octanol–water partition coefficient (Wildman–Crippen LogP) is 0.911. The average Bonchev–Trinajstić information content (AvgIpc) is 2.59. The summed E-state index contributed by atoms with van der Waals surface area (Å²) in [5.74, 6) is 0.904. The lowest BCUT2D eigenvalue weighted by Gasteiger charge is -1.90. The van der Waals surface area contributed by atoms with Gasteiger partial charge in [0.2, 0.25) is 0 Å². The van der Waals surface area contributed by atoms with E-state index in [4.69, 9.17) is 18.0 Å². The topological polar surface area (TPSA) is 74.4 Å². The number of thiazole rings is 1. The maximum Gasteiger partial charge on any atom is 0.323 e. The summed E-state index contributed by atoms with van der Waals surface area (Å²) >= 11 is 6.50. The van der Waals surface area contributed by atoms with Crippen molar-refractivity contribution in [2.75, 3.05) is 5.73 Å². The van der Waals surface area contributed by atoms with Crippen LogP contribution in [-0.2, 0) is 7.05 Å². The van der Waals surface area contributed by atoms with Crippen LogP contribution in [-0.4, -0.2) is 15.2 Å². The van der Waals surface area contributed by atoms with Gasteiger partial charge in [0.1, 0.15) is 4.88 Å². The first kappa shape index (κ1) is 9.35. The van der Waals surface area contributed by atoms with Gasteiger partial charge in [-0.2, -0.15) is 10.2 Å². The first-order valence-corrected chi connectivity index (χ1v) is 5.22. The highest BCUT2D eigenvalue weighted by atomic mass is 32.1. The van der Waals surface area contributed by atoms with Crippen LogP contribution in [0.2, 0.25) is 0 Å². The number of nitrogens with one attached hydrogen (secondary N) is 2. The zero-order valence-corrected chi connectivity index (χ0v) is 9.42. The van der Waals surface area contributed by atoms with Crippen molar-refractivity contribution in [2.24, 2.45) is 7.05 Å². The summed E-state index contributed by atoms with van der Waals surface area (Å²) in [5.41, 5.74) is 6.53. The van der Waals surface area contributed by atoms with E-state index in [1.54, 1.807) is 0 Å². The van der Waals surface area contributed by atoms with Crippen molar-refractivity contribution in [2.45, 2.75) is 6.92 Å². The highest BCUT2D eigenvalue weighted by molar-refractivity contribution is 7.71. The largest absolute Gasteiger partial charge is 0.375 e. The van der Waals surface area contributed by atoms with E-state index in [2.05, 4.69) is 15.2 Å². The molecule has 4 N–H and O–H groups in total. The number of hydrogen-bond acceptors (Lipinski definition) is 4. The highest BCUT2D eigenvalue weighted by Crippen LogP contribution is 2.27. The van der Waals surface area contributed by atoms with E-state index < -0.39 is 0 Å². The summed E-state index contributed by atoms with van der Waals surface area (Å²) < 4.78 is 2.50. The molecule has 0 aliphatic carbocycles. The Hall–Kier alpha value is -1.21. The number of rotatable bonds is 1. The third kappa shape index (κ3) is 1.34. The first-order valence-electron chi connectivity index (χ1n) is 3.99. The lowest BCUT2D eigenvalue weighted by molar-refractivity contribution is -0.667. The van der Waals surface area contributed by atoms with Gasteiger partial charge in [0.15, 0.2) is 5.13 Å². The van der Waals surface area contributed by atoms with Gasteiger partial charge in [0, 0.05) is 0 Å². The number of nitrogen functional groups attached to an aromatic ring is 1. The molecule has 0 amide bonds. The van der Waals surface area contributed by atoms with E-state index >= 15 is 0 Å². The van der Waals surface area contributed by atoms with Gasteiger partial charge >= 0.3 is 4.77 Å². The summed E-state index contributed by atoms with van der Waals surface area (Å²) in [6.07, 6.45) is 0. The molecular weight excluding hydrogens is 218 g/mol. The predicted molar refractivity (Wildman–Crippen MR) is 57.4 cm³/mol. The van der Waals surface area contributed by atoms with Gasteiger partial charge in [-0.3, -0.25) is 0 Å². The van der Waals surface area contributed by atoms with Gasteiger partial charge < -0.3 is 5.73 Å². The minimum absolute atomic E-state index is 0.568. The first-order chi connectivity index (χ1) is 6.59. The molecule has 7 heteroatoms. The van der Waals surface area contributed by atoms with E-state index in [0.29, 0.717) is 9.90 Å². The highest BCUT2D eigenvalue weighted by Gasteiger charge is 2.17. The zero-order chi connectivity index (χ0) is 10.3. The fourth-order valence-electron chi connectivity index (χ4n) is 1.23. The van der Waals surface area contributed by atoms with Crippen molar-refractivity contribution in [3.63, 3.8) is 0 Å². The van der Waals surface area contributed by atoms with Crippen molar-refractivity contribution >= 4 is 28.7 Å². The molecule has 5 nitrogen and oxygen atoms in total. The number of aryl methyl sites for hydroxylation is 1. The number of aromatic nitrogens is 4. The van der Waals surface area contributed by atoms with Crippen molar-refractivity contribution in [1.82, 2.24) is 15.2 Å². The van der Waals surface area contributed by atoms with E-state index in [1.165, 1.54) is 11.3 Å². The smallest absolute Gasteiger partial charge is 0.323 e. The molecule has 0 bridgehead atoms. The second-order valence-corrected chi connectivity index (χ2v) is 4.35. The van der Waals surface area contributed by atoms with Crippen LogP contribution in [0.15, 0.2) is 0 Å². The van der Waals surface area contributed by atoms with Gasteiger partial charge in [-0.05, 0) is 19.1 Å². The van der Waals surface area contributed by atoms with Gasteiger partial charge in [-0.25, -0.2) is 9.55 Å². The maximum absolute atomic E-state index is 5.62. The molecule has 0 aromatic carbocycles. The standard InChI is InChI=1S/C7H9N5S2/c1-3-4(14-6(8)9-3)5-10-11-7(13)12(5)2/h1-2H3,(H3,8,9,10,11,13)/p+1. The van der Waals surface area contributed by atoms with Gasteiger partial charge in [-0.1, -0.05) is 11.3 Å². The Balaban J connectivity index is 2.65. The van der Waals surface area contributed by atoms with Crippen molar-refractivity contribution in [1.29, 1.82) is 0 Å². The molecular formula is C7H10N5S2+. The number of anilines is 1. The minimum atomic E-state index is 0.568. The Morgan fingerprint density at radius 3 is 2.64 bits per heavy atom. The number of aromatic amines is 2. The van der Waals surface area contributed by atoms with Crippen LogP contribution in [0, 0.1) is 11.7 Å².